The first-order chi connectivity index (χ1) is 10.8. The maximum atomic E-state index is 10.7. The highest BCUT2D eigenvalue weighted by atomic mass is 16.1. The van der Waals surface area contributed by atoms with E-state index in [1.54, 1.807) is 6.20 Å². The summed E-state index contributed by atoms with van der Waals surface area (Å²) in [5.41, 5.74) is 4.25. The topological polar surface area (TPSA) is 70.7 Å². The Morgan fingerprint density at radius 1 is 1.09 bits per heavy atom. The lowest BCUT2D eigenvalue weighted by atomic mass is 10.1. The lowest BCUT2D eigenvalue weighted by molar-refractivity contribution is -0.105. The highest BCUT2D eigenvalue weighted by Gasteiger charge is 2.09. The van der Waals surface area contributed by atoms with Crippen LogP contribution in [0.25, 0.3) is 33.3 Å². The molecule has 106 valence electrons. The van der Waals surface area contributed by atoms with E-state index in [4.69, 9.17) is 0 Å². The van der Waals surface area contributed by atoms with Gasteiger partial charge in [-0.25, -0.2) is 4.98 Å². The molecule has 4 aromatic rings. The summed E-state index contributed by atoms with van der Waals surface area (Å²) in [5, 5.41) is 3.73. The molecule has 0 fully saturated rings. The highest BCUT2D eigenvalue weighted by Crippen LogP contribution is 2.27. The van der Waals surface area contributed by atoms with Crippen molar-refractivity contribution in [3.8, 4) is 11.4 Å². The van der Waals surface area contributed by atoms with Crippen LogP contribution in [-0.4, -0.2) is 21.4 Å². The fraction of sp³-hybridized carbons (Fsp3) is 0. The van der Waals surface area contributed by atoms with Crippen LogP contribution in [0.2, 0.25) is 0 Å². The van der Waals surface area contributed by atoms with E-state index in [-0.39, 0.29) is 0 Å². The van der Waals surface area contributed by atoms with Gasteiger partial charge in [-0.1, -0.05) is 12.1 Å². The van der Waals surface area contributed by atoms with E-state index < -0.39 is 0 Å². The third kappa shape index (κ3) is 2.00. The quantitative estimate of drug-likeness (QED) is 0.568. The van der Waals surface area contributed by atoms with Crippen molar-refractivity contribution < 1.29 is 4.79 Å². The molecule has 0 atom stereocenters. The van der Waals surface area contributed by atoms with Gasteiger partial charge in [0.25, 0.3) is 0 Å². The summed E-state index contributed by atoms with van der Waals surface area (Å²) in [4.78, 5) is 22.9. The largest absolute Gasteiger partial charge is 0.338 e. The number of benzene rings is 2. The van der Waals surface area contributed by atoms with E-state index in [1.165, 1.54) is 0 Å². The molecule has 5 heteroatoms. The summed E-state index contributed by atoms with van der Waals surface area (Å²) in [6.07, 6.45) is 2.44. The van der Waals surface area contributed by atoms with E-state index in [0.29, 0.717) is 12.1 Å². The molecular formula is C17H12N4O. The monoisotopic (exact) mass is 288 g/mol. The van der Waals surface area contributed by atoms with Crippen molar-refractivity contribution in [1.29, 1.82) is 0 Å². The predicted molar refractivity (Wildman–Crippen MR) is 86.5 cm³/mol. The number of nitrogens with zero attached hydrogens (tertiary/aromatic N) is 2. The molecule has 22 heavy (non-hydrogen) atoms. The average molecular weight is 288 g/mol. The Kier molecular flexibility index (Phi) is 2.83. The zero-order valence-corrected chi connectivity index (χ0v) is 11.6. The SMILES string of the molecule is O=CNc1cccc2[nH]c(-c3ccc4ncccc4c3)nc12. The predicted octanol–water partition coefficient (Wildman–Crippen LogP) is 3.35. The number of fused-ring (bicyclic) bond motifs is 2. The Morgan fingerprint density at radius 3 is 2.95 bits per heavy atom. The summed E-state index contributed by atoms with van der Waals surface area (Å²) in [5.74, 6) is 0.765. The van der Waals surface area contributed by atoms with Gasteiger partial charge in [0.15, 0.2) is 0 Å². The number of rotatable bonds is 3. The van der Waals surface area contributed by atoms with Crippen LogP contribution in [0.4, 0.5) is 5.69 Å². The van der Waals surface area contributed by atoms with Crippen LogP contribution in [0, 0.1) is 0 Å². The Bertz CT molecular complexity index is 990. The van der Waals surface area contributed by atoms with Crippen molar-refractivity contribution in [3.05, 3.63) is 54.7 Å². The summed E-state index contributed by atoms with van der Waals surface area (Å²) in [6.45, 7) is 0. The molecule has 0 saturated carbocycles. The highest BCUT2D eigenvalue weighted by molar-refractivity contribution is 5.95. The molecule has 0 aliphatic rings. The maximum absolute atomic E-state index is 10.7. The van der Waals surface area contributed by atoms with Crippen molar-refractivity contribution >= 4 is 34.0 Å². The Morgan fingerprint density at radius 2 is 2.05 bits per heavy atom. The van der Waals surface area contributed by atoms with Gasteiger partial charge in [-0.3, -0.25) is 9.78 Å². The summed E-state index contributed by atoms with van der Waals surface area (Å²) >= 11 is 0. The zero-order valence-electron chi connectivity index (χ0n) is 11.6. The van der Waals surface area contributed by atoms with E-state index in [0.717, 1.165) is 33.3 Å². The number of hydrogen-bond donors (Lipinski definition) is 2. The number of imidazole rings is 1. The third-order valence-corrected chi connectivity index (χ3v) is 3.60. The molecule has 2 aromatic carbocycles. The lowest BCUT2D eigenvalue weighted by Crippen LogP contribution is -1.94. The minimum Gasteiger partial charge on any atom is -0.338 e. The molecule has 0 radical (unpaired) electrons. The molecule has 5 nitrogen and oxygen atoms in total. The van der Waals surface area contributed by atoms with Gasteiger partial charge >= 0.3 is 0 Å². The van der Waals surface area contributed by atoms with E-state index in [1.807, 2.05) is 48.5 Å². The lowest BCUT2D eigenvalue weighted by Gasteiger charge is -2.00. The number of anilines is 1. The van der Waals surface area contributed by atoms with Crippen LogP contribution < -0.4 is 5.32 Å². The standard InChI is InChI=1S/C17H12N4O/c22-10-19-14-4-1-5-15-16(14)21-17(20-15)12-6-7-13-11(9-12)3-2-8-18-13/h1-10H,(H,19,22)(H,20,21). The number of nitrogens with one attached hydrogen (secondary N) is 2. The van der Waals surface area contributed by atoms with Crippen LogP contribution in [0.5, 0.6) is 0 Å². The second-order valence-electron chi connectivity index (χ2n) is 4.96. The molecule has 0 saturated heterocycles. The number of hydrogen-bond acceptors (Lipinski definition) is 3. The van der Waals surface area contributed by atoms with E-state index in [9.17, 15) is 4.79 Å². The first kappa shape index (κ1) is 12.5. The van der Waals surface area contributed by atoms with Crippen molar-refractivity contribution in [2.45, 2.75) is 0 Å². The van der Waals surface area contributed by atoms with Gasteiger partial charge in [0, 0.05) is 17.1 Å². The van der Waals surface area contributed by atoms with Crippen LogP contribution >= 0.6 is 0 Å². The van der Waals surface area contributed by atoms with Crippen LogP contribution in [0.3, 0.4) is 0 Å². The fourth-order valence-corrected chi connectivity index (χ4v) is 2.57. The molecule has 2 N–H and O–H groups in total. The molecule has 4 rings (SSSR count). The molecular weight excluding hydrogens is 276 g/mol. The normalized spacial score (nSPS) is 10.9. The van der Waals surface area contributed by atoms with Gasteiger partial charge in [-0.2, -0.15) is 0 Å². The maximum Gasteiger partial charge on any atom is 0.211 e. The molecule has 0 spiro atoms. The third-order valence-electron chi connectivity index (χ3n) is 3.60. The van der Waals surface area contributed by atoms with Crippen molar-refractivity contribution in [3.63, 3.8) is 0 Å². The van der Waals surface area contributed by atoms with Gasteiger partial charge < -0.3 is 10.3 Å². The smallest absolute Gasteiger partial charge is 0.211 e. The van der Waals surface area contributed by atoms with Gasteiger partial charge in [0.2, 0.25) is 6.41 Å². The van der Waals surface area contributed by atoms with Crippen LogP contribution in [-0.2, 0) is 4.79 Å². The average Bonchev–Trinajstić information content (AvgIpc) is 3.00. The van der Waals surface area contributed by atoms with Crippen LogP contribution in [0.15, 0.2) is 54.7 Å². The fourth-order valence-electron chi connectivity index (χ4n) is 2.57. The summed E-state index contributed by atoms with van der Waals surface area (Å²) < 4.78 is 0. The minimum absolute atomic E-state index is 0.658. The number of aromatic amines is 1. The first-order valence-corrected chi connectivity index (χ1v) is 6.89. The molecule has 1 amide bonds. The number of carbonyl (C=O) groups is 1. The number of para-hydroxylation sites is 1. The number of pyridine rings is 1. The molecule has 0 bridgehead atoms. The molecule has 2 heterocycles. The Hall–Kier alpha value is -3.21. The van der Waals surface area contributed by atoms with Gasteiger partial charge in [-0.15, -0.1) is 0 Å². The van der Waals surface area contributed by atoms with Gasteiger partial charge in [-0.05, 0) is 36.4 Å². The van der Waals surface area contributed by atoms with Gasteiger partial charge in [0.05, 0.1) is 16.7 Å². The van der Waals surface area contributed by atoms with E-state index in [2.05, 4.69) is 20.3 Å². The molecule has 0 aliphatic heterocycles. The van der Waals surface area contributed by atoms with Crippen molar-refractivity contribution in [1.82, 2.24) is 15.0 Å². The van der Waals surface area contributed by atoms with Crippen molar-refractivity contribution in [2.75, 3.05) is 5.32 Å². The molecule has 2 aromatic heterocycles. The number of amides is 1. The summed E-state index contributed by atoms with van der Waals surface area (Å²) in [6, 6.07) is 15.6. The first-order valence-electron chi connectivity index (χ1n) is 6.89. The Labute approximate surface area is 126 Å². The minimum atomic E-state index is 0.658. The zero-order chi connectivity index (χ0) is 14.9. The Balaban J connectivity index is 1.88. The van der Waals surface area contributed by atoms with E-state index >= 15 is 0 Å². The van der Waals surface area contributed by atoms with Crippen LogP contribution in [0.1, 0.15) is 0 Å². The number of aromatic nitrogens is 3. The van der Waals surface area contributed by atoms with Crippen molar-refractivity contribution in [2.24, 2.45) is 0 Å². The molecule has 0 aliphatic carbocycles. The number of carbonyl (C=O) groups excluding carboxylic acids is 1. The van der Waals surface area contributed by atoms with Gasteiger partial charge in [0.1, 0.15) is 11.3 Å². The number of H-pyrrole nitrogens is 1. The second kappa shape index (κ2) is 4.96. The molecule has 0 unspecified atom stereocenters. The summed E-state index contributed by atoms with van der Waals surface area (Å²) in [7, 11) is 0. The second-order valence-corrected chi connectivity index (χ2v) is 4.96.